The van der Waals surface area contributed by atoms with Crippen molar-refractivity contribution in [3.8, 4) is 34.1 Å². The van der Waals surface area contributed by atoms with Crippen molar-refractivity contribution in [3.63, 3.8) is 0 Å². The van der Waals surface area contributed by atoms with Gasteiger partial charge in [-0.3, -0.25) is 0 Å². The highest BCUT2D eigenvalue weighted by atomic mass is 79.9. The number of benzene rings is 3. The van der Waals surface area contributed by atoms with Crippen molar-refractivity contribution in [3.05, 3.63) is 46.4 Å². The number of furan rings is 1. The Labute approximate surface area is 150 Å². The number of halogens is 1. The smallest absolute Gasteiger partial charge is 0.169 e. The average molecular weight is 401 g/mol. The predicted molar refractivity (Wildman–Crippen MR) is 98.3 cm³/mol. The molecule has 4 rings (SSSR count). The molecular weight excluding hydrogens is 388 g/mol. The fourth-order valence-electron chi connectivity index (χ4n) is 3.03. The van der Waals surface area contributed by atoms with Gasteiger partial charge in [-0.1, -0.05) is 28.1 Å². The fraction of sp³-hybridized carbons (Fsp3) is 0.0526. The van der Waals surface area contributed by atoms with Gasteiger partial charge in [-0.05, 0) is 36.8 Å². The minimum atomic E-state index is -0.496. The summed E-state index contributed by atoms with van der Waals surface area (Å²) < 4.78 is 6.74. The molecule has 4 aromatic rings. The summed E-state index contributed by atoms with van der Waals surface area (Å²) in [6.07, 6.45) is 0. The first-order chi connectivity index (χ1) is 11.9. The van der Waals surface area contributed by atoms with Crippen molar-refractivity contribution in [2.75, 3.05) is 0 Å². The van der Waals surface area contributed by atoms with Crippen LogP contribution >= 0.6 is 15.9 Å². The molecule has 0 aliphatic rings. The van der Waals surface area contributed by atoms with Gasteiger partial charge in [0.1, 0.15) is 11.2 Å². The number of hydrogen-bond donors (Lipinski definition) is 4. The zero-order valence-corrected chi connectivity index (χ0v) is 14.6. The van der Waals surface area contributed by atoms with E-state index in [9.17, 15) is 20.4 Å². The van der Waals surface area contributed by atoms with Crippen LogP contribution in [0.25, 0.3) is 33.1 Å². The first-order valence-corrected chi connectivity index (χ1v) is 8.27. The molecule has 0 unspecified atom stereocenters. The minimum absolute atomic E-state index is 0.00694. The molecule has 0 spiro atoms. The topological polar surface area (TPSA) is 94.1 Å². The summed E-state index contributed by atoms with van der Waals surface area (Å²) >= 11 is 3.50. The van der Waals surface area contributed by atoms with Crippen LogP contribution in [-0.4, -0.2) is 20.4 Å². The van der Waals surface area contributed by atoms with Crippen LogP contribution in [0.15, 0.2) is 45.3 Å². The number of rotatable bonds is 1. The number of aromatic hydroxyl groups is 4. The van der Waals surface area contributed by atoms with Gasteiger partial charge in [0.2, 0.25) is 0 Å². The predicted octanol–water partition coefficient (Wildman–Crippen LogP) is 5.15. The van der Waals surface area contributed by atoms with Crippen molar-refractivity contribution in [1.82, 2.24) is 0 Å². The maximum atomic E-state index is 10.2. The van der Waals surface area contributed by atoms with E-state index >= 15 is 0 Å². The molecule has 0 saturated carbocycles. The molecule has 5 nitrogen and oxygen atoms in total. The molecule has 4 N–H and O–H groups in total. The van der Waals surface area contributed by atoms with E-state index in [0.717, 1.165) is 15.2 Å². The molecule has 0 fully saturated rings. The van der Waals surface area contributed by atoms with Gasteiger partial charge in [0.05, 0.1) is 5.56 Å². The third-order valence-electron chi connectivity index (χ3n) is 4.37. The largest absolute Gasteiger partial charge is 0.504 e. The van der Waals surface area contributed by atoms with Crippen LogP contribution in [-0.2, 0) is 0 Å². The van der Waals surface area contributed by atoms with E-state index in [1.807, 2.05) is 18.2 Å². The number of phenolic OH excluding ortho intramolecular Hbond substituents is 4. The summed E-state index contributed by atoms with van der Waals surface area (Å²) in [5.74, 6) is -1.94. The Kier molecular flexibility index (Phi) is 3.33. The molecule has 0 atom stereocenters. The standard InChI is InChI=1S/C19H13BrO5/c1-8-16(21)18(23)14(19(24)17(8)22)9-5-6-10-13(7-9)25-12-4-2-3-11(20)15(10)12/h2-7,21-24H,1H3. The van der Waals surface area contributed by atoms with Gasteiger partial charge >= 0.3 is 0 Å². The number of fused-ring (bicyclic) bond motifs is 3. The van der Waals surface area contributed by atoms with E-state index in [1.54, 1.807) is 18.2 Å². The van der Waals surface area contributed by atoms with Crippen LogP contribution in [0.3, 0.4) is 0 Å². The second kappa shape index (κ2) is 5.32. The number of phenols is 4. The molecule has 0 amide bonds. The van der Waals surface area contributed by atoms with Crippen LogP contribution in [0.1, 0.15) is 5.56 Å². The van der Waals surface area contributed by atoms with Crippen molar-refractivity contribution < 1.29 is 24.8 Å². The van der Waals surface area contributed by atoms with Gasteiger partial charge in [0, 0.05) is 20.8 Å². The molecule has 1 aromatic heterocycles. The zero-order valence-electron chi connectivity index (χ0n) is 13.0. The quantitative estimate of drug-likeness (QED) is 0.262. The normalized spacial score (nSPS) is 11.4. The highest BCUT2D eigenvalue weighted by molar-refractivity contribution is 9.10. The lowest BCUT2D eigenvalue weighted by molar-refractivity contribution is 0.371. The van der Waals surface area contributed by atoms with E-state index in [2.05, 4.69) is 15.9 Å². The molecule has 0 radical (unpaired) electrons. The monoisotopic (exact) mass is 400 g/mol. The maximum Gasteiger partial charge on any atom is 0.169 e. The average Bonchev–Trinajstić information content (AvgIpc) is 2.97. The van der Waals surface area contributed by atoms with Crippen LogP contribution in [0.2, 0.25) is 0 Å². The summed E-state index contributed by atoms with van der Waals surface area (Å²) in [5, 5.41) is 42.2. The highest BCUT2D eigenvalue weighted by Crippen LogP contribution is 2.51. The zero-order chi connectivity index (χ0) is 17.9. The van der Waals surface area contributed by atoms with Gasteiger partial charge < -0.3 is 24.8 Å². The molecule has 6 heteroatoms. The Bertz CT molecular complexity index is 1130. The second-order valence-electron chi connectivity index (χ2n) is 5.82. The molecule has 0 bridgehead atoms. The molecular formula is C19H13BrO5. The van der Waals surface area contributed by atoms with Crippen molar-refractivity contribution in [2.45, 2.75) is 6.92 Å². The van der Waals surface area contributed by atoms with Crippen molar-refractivity contribution in [1.29, 1.82) is 0 Å². The summed E-state index contributed by atoms with van der Waals surface area (Å²) in [4.78, 5) is 0. The third kappa shape index (κ3) is 2.14. The molecule has 126 valence electrons. The van der Waals surface area contributed by atoms with Gasteiger partial charge in [0.15, 0.2) is 23.0 Å². The van der Waals surface area contributed by atoms with Gasteiger partial charge in [-0.25, -0.2) is 0 Å². The summed E-state index contributed by atoms with van der Waals surface area (Å²) in [6, 6.07) is 10.7. The summed E-state index contributed by atoms with van der Waals surface area (Å²) in [6.45, 7) is 1.40. The van der Waals surface area contributed by atoms with E-state index < -0.39 is 23.0 Å². The first kappa shape index (κ1) is 15.7. The van der Waals surface area contributed by atoms with E-state index in [4.69, 9.17) is 4.42 Å². The highest BCUT2D eigenvalue weighted by Gasteiger charge is 2.23. The minimum Gasteiger partial charge on any atom is -0.504 e. The van der Waals surface area contributed by atoms with Crippen LogP contribution in [0.5, 0.6) is 23.0 Å². The number of hydrogen-bond acceptors (Lipinski definition) is 5. The summed E-state index contributed by atoms with van der Waals surface area (Å²) in [7, 11) is 0. The molecule has 0 saturated heterocycles. The third-order valence-corrected chi connectivity index (χ3v) is 5.03. The van der Waals surface area contributed by atoms with E-state index in [1.165, 1.54) is 6.92 Å². The Hall–Kier alpha value is -2.86. The Morgan fingerprint density at radius 3 is 2.20 bits per heavy atom. The van der Waals surface area contributed by atoms with Gasteiger partial charge in [-0.2, -0.15) is 0 Å². The molecule has 25 heavy (non-hydrogen) atoms. The first-order valence-electron chi connectivity index (χ1n) is 7.47. The fourth-order valence-corrected chi connectivity index (χ4v) is 3.59. The molecule has 1 heterocycles. The van der Waals surface area contributed by atoms with Crippen LogP contribution < -0.4 is 0 Å². The van der Waals surface area contributed by atoms with E-state index in [-0.39, 0.29) is 11.1 Å². The maximum absolute atomic E-state index is 10.2. The van der Waals surface area contributed by atoms with Crippen molar-refractivity contribution >= 4 is 37.9 Å². The van der Waals surface area contributed by atoms with E-state index in [0.29, 0.717) is 16.7 Å². The summed E-state index contributed by atoms with van der Waals surface area (Å²) in [5.41, 5.74) is 1.61. The lowest BCUT2D eigenvalue weighted by atomic mass is 9.98. The van der Waals surface area contributed by atoms with Gasteiger partial charge in [-0.15, -0.1) is 0 Å². The molecule has 0 aliphatic heterocycles. The van der Waals surface area contributed by atoms with Crippen LogP contribution in [0.4, 0.5) is 0 Å². The Morgan fingerprint density at radius 1 is 0.840 bits per heavy atom. The Morgan fingerprint density at radius 2 is 1.52 bits per heavy atom. The SMILES string of the molecule is Cc1c(O)c(O)c(-c2ccc3c(c2)oc2cccc(Br)c23)c(O)c1O. The van der Waals surface area contributed by atoms with Crippen molar-refractivity contribution in [2.24, 2.45) is 0 Å². The van der Waals surface area contributed by atoms with Gasteiger partial charge in [0.25, 0.3) is 0 Å². The van der Waals surface area contributed by atoms with Crippen LogP contribution in [0, 0.1) is 6.92 Å². The molecule has 3 aromatic carbocycles. The Balaban J connectivity index is 2.04. The molecule has 0 aliphatic carbocycles. The second-order valence-corrected chi connectivity index (χ2v) is 6.67. The lowest BCUT2D eigenvalue weighted by Gasteiger charge is -2.13. The lowest BCUT2D eigenvalue weighted by Crippen LogP contribution is -1.86.